The molecule has 0 saturated carbocycles. The van der Waals surface area contributed by atoms with Gasteiger partial charge in [0.1, 0.15) is 5.82 Å². The van der Waals surface area contributed by atoms with Crippen LogP contribution in [0.25, 0.3) is 0 Å². The van der Waals surface area contributed by atoms with Crippen molar-refractivity contribution in [1.29, 1.82) is 0 Å². The van der Waals surface area contributed by atoms with E-state index in [0.717, 1.165) is 0 Å². The van der Waals surface area contributed by atoms with Crippen molar-refractivity contribution >= 4 is 11.1 Å². The van der Waals surface area contributed by atoms with Crippen LogP contribution in [0, 0.1) is 5.82 Å². The molecule has 0 bridgehead atoms. The molecule has 1 rings (SSSR count). The van der Waals surface area contributed by atoms with E-state index < -0.39 is 11.1 Å². The molecule has 66 valence electrons. The van der Waals surface area contributed by atoms with Gasteiger partial charge in [-0.15, -0.1) is 0 Å². The predicted molar refractivity (Wildman–Crippen MR) is 45.7 cm³/mol. The van der Waals surface area contributed by atoms with Crippen LogP contribution in [-0.4, -0.2) is 14.5 Å². The Morgan fingerprint density at radius 1 is 1.42 bits per heavy atom. The van der Waals surface area contributed by atoms with Gasteiger partial charge in [-0.3, -0.25) is 0 Å². The molecule has 0 aliphatic rings. The Morgan fingerprint density at radius 2 is 2.08 bits per heavy atom. The molecule has 0 aromatic heterocycles. The first kappa shape index (κ1) is 9.35. The zero-order chi connectivity index (χ0) is 8.97. The van der Waals surface area contributed by atoms with E-state index in [1.54, 1.807) is 18.2 Å². The summed E-state index contributed by atoms with van der Waals surface area (Å²) in [5.74, 6) is -0.232. The summed E-state index contributed by atoms with van der Waals surface area (Å²) in [5, 5.41) is 0. The zero-order valence-electron chi connectivity index (χ0n) is 6.37. The Hall–Kier alpha value is -0.740. The van der Waals surface area contributed by atoms with E-state index in [2.05, 4.69) is 0 Å². The Labute approximate surface area is 72.7 Å². The van der Waals surface area contributed by atoms with Gasteiger partial charge < -0.3 is 4.55 Å². The van der Waals surface area contributed by atoms with Crippen LogP contribution in [0.15, 0.2) is 24.3 Å². The molecule has 1 N–H and O–H groups in total. The van der Waals surface area contributed by atoms with Crippen LogP contribution in [0.5, 0.6) is 0 Å². The molecule has 2 nitrogen and oxygen atoms in total. The van der Waals surface area contributed by atoms with Gasteiger partial charge in [0.2, 0.25) is 0 Å². The van der Waals surface area contributed by atoms with Crippen LogP contribution in [0.1, 0.15) is 5.56 Å². The summed E-state index contributed by atoms with van der Waals surface area (Å²) in [6, 6.07) is 6.26. The van der Waals surface area contributed by atoms with E-state index in [1.165, 1.54) is 6.07 Å². The van der Waals surface area contributed by atoms with Gasteiger partial charge in [0.05, 0.1) is 5.75 Å². The second-order valence-electron chi connectivity index (χ2n) is 2.37. The van der Waals surface area contributed by atoms with E-state index in [4.69, 9.17) is 4.55 Å². The van der Waals surface area contributed by atoms with E-state index in [0.29, 0.717) is 12.0 Å². The second-order valence-corrected chi connectivity index (χ2v) is 3.42. The van der Waals surface area contributed by atoms with Gasteiger partial charge in [-0.2, -0.15) is 0 Å². The van der Waals surface area contributed by atoms with E-state index in [9.17, 15) is 8.60 Å². The van der Waals surface area contributed by atoms with E-state index in [-0.39, 0.29) is 11.6 Å². The highest BCUT2D eigenvalue weighted by molar-refractivity contribution is 7.79. The largest absolute Gasteiger partial charge is 0.306 e. The van der Waals surface area contributed by atoms with Crippen LogP contribution < -0.4 is 0 Å². The normalized spacial score (nSPS) is 12.8. The van der Waals surface area contributed by atoms with Gasteiger partial charge >= 0.3 is 0 Å². The minimum Gasteiger partial charge on any atom is -0.306 e. The molecule has 1 aromatic rings. The van der Waals surface area contributed by atoms with Crippen molar-refractivity contribution in [2.45, 2.75) is 6.42 Å². The topological polar surface area (TPSA) is 37.3 Å². The van der Waals surface area contributed by atoms with Gasteiger partial charge in [0.25, 0.3) is 0 Å². The summed E-state index contributed by atoms with van der Waals surface area (Å²) >= 11 is -1.84. The SMILES string of the molecule is O=S(O)CCc1ccccc1F. The minimum absolute atomic E-state index is 0.0843. The first-order valence-electron chi connectivity index (χ1n) is 3.51. The molecule has 0 heterocycles. The van der Waals surface area contributed by atoms with Crippen molar-refractivity contribution in [1.82, 2.24) is 0 Å². The highest BCUT2D eigenvalue weighted by Gasteiger charge is 2.01. The van der Waals surface area contributed by atoms with Crippen LogP contribution in [0.2, 0.25) is 0 Å². The molecule has 0 radical (unpaired) electrons. The Kier molecular flexibility index (Phi) is 3.37. The summed E-state index contributed by atoms with van der Waals surface area (Å²) < 4.78 is 31.6. The van der Waals surface area contributed by atoms with Gasteiger partial charge in [-0.1, -0.05) is 18.2 Å². The quantitative estimate of drug-likeness (QED) is 0.731. The average Bonchev–Trinajstić information content (AvgIpc) is 2.03. The average molecular weight is 188 g/mol. The fraction of sp³-hybridized carbons (Fsp3) is 0.250. The van der Waals surface area contributed by atoms with Crippen molar-refractivity contribution in [3.63, 3.8) is 0 Å². The molecule has 0 aliphatic carbocycles. The Balaban J connectivity index is 2.63. The van der Waals surface area contributed by atoms with Gasteiger partial charge in [0.15, 0.2) is 11.1 Å². The van der Waals surface area contributed by atoms with Gasteiger partial charge in [0, 0.05) is 0 Å². The van der Waals surface area contributed by atoms with Crippen molar-refractivity contribution in [3.05, 3.63) is 35.6 Å². The molecule has 12 heavy (non-hydrogen) atoms. The number of halogens is 1. The van der Waals surface area contributed by atoms with E-state index in [1.807, 2.05) is 0 Å². The summed E-state index contributed by atoms with van der Waals surface area (Å²) in [5.41, 5.74) is 0.486. The smallest absolute Gasteiger partial charge is 0.153 e. The number of rotatable bonds is 3. The lowest BCUT2D eigenvalue weighted by molar-refractivity contribution is 0.562. The minimum atomic E-state index is -1.84. The van der Waals surface area contributed by atoms with Crippen molar-refractivity contribution in [2.24, 2.45) is 0 Å². The fourth-order valence-electron chi connectivity index (χ4n) is 0.898. The number of aryl methyl sites for hydroxylation is 1. The molecule has 0 amide bonds. The summed E-state index contributed by atoms with van der Waals surface area (Å²) in [7, 11) is 0. The predicted octanol–water partition coefficient (Wildman–Crippen LogP) is 1.59. The van der Waals surface area contributed by atoms with Gasteiger partial charge in [-0.25, -0.2) is 8.60 Å². The number of hydrogen-bond acceptors (Lipinski definition) is 1. The second kappa shape index (κ2) is 4.33. The molecule has 0 spiro atoms. The molecule has 1 atom stereocenters. The highest BCUT2D eigenvalue weighted by Crippen LogP contribution is 2.06. The monoisotopic (exact) mass is 188 g/mol. The summed E-state index contributed by atoms with van der Waals surface area (Å²) in [4.78, 5) is 0. The third-order valence-electron chi connectivity index (χ3n) is 1.50. The summed E-state index contributed by atoms with van der Waals surface area (Å²) in [6.45, 7) is 0. The molecular formula is C8H9FO2S. The number of hydrogen-bond donors (Lipinski definition) is 1. The lowest BCUT2D eigenvalue weighted by atomic mass is 10.2. The van der Waals surface area contributed by atoms with E-state index >= 15 is 0 Å². The molecule has 0 saturated heterocycles. The summed E-state index contributed by atoms with van der Waals surface area (Å²) in [6.07, 6.45) is 0.301. The molecular weight excluding hydrogens is 179 g/mol. The molecule has 1 aromatic carbocycles. The molecule has 4 heteroatoms. The van der Waals surface area contributed by atoms with Gasteiger partial charge in [-0.05, 0) is 18.1 Å². The first-order chi connectivity index (χ1) is 5.70. The first-order valence-corrected chi connectivity index (χ1v) is 4.78. The fourth-order valence-corrected chi connectivity index (χ4v) is 1.29. The van der Waals surface area contributed by atoms with Crippen LogP contribution in [0.4, 0.5) is 4.39 Å². The Morgan fingerprint density at radius 3 is 2.67 bits per heavy atom. The lowest BCUT2D eigenvalue weighted by Gasteiger charge is -1.99. The third kappa shape index (κ3) is 2.71. The maximum Gasteiger partial charge on any atom is 0.153 e. The molecule has 0 aliphatic heterocycles. The maximum absolute atomic E-state index is 12.9. The Bertz CT molecular complexity index is 288. The van der Waals surface area contributed by atoms with Crippen LogP contribution >= 0.6 is 0 Å². The van der Waals surface area contributed by atoms with Crippen molar-refractivity contribution in [3.8, 4) is 0 Å². The van der Waals surface area contributed by atoms with Crippen LogP contribution in [0.3, 0.4) is 0 Å². The molecule has 1 unspecified atom stereocenters. The highest BCUT2D eigenvalue weighted by atomic mass is 32.2. The number of benzene rings is 1. The van der Waals surface area contributed by atoms with Crippen LogP contribution in [-0.2, 0) is 17.5 Å². The third-order valence-corrected chi connectivity index (χ3v) is 2.06. The standard InChI is InChI=1S/C8H9FO2S/c9-8-4-2-1-3-7(8)5-6-12(10)11/h1-4H,5-6H2,(H,10,11). The lowest BCUT2D eigenvalue weighted by Crippen LogP contribution is -2.00. The van der Waals surface area contributed by atoms with Crippen molar-refractivity contribution < 1.29 is 13.2 Å². The maximum atomic E-state index is 12.9. The molecule has 0 fully saturated rings. The van der Waals surface area contributed by atoms with Crippen molar-refractivity contribution in [2.75, 3.05) is 5.75 Å². The zero-order valence-corrected chi connectivity index (χ0v) is 7.18.